The number of rotatable bonds is 10. The zero-order valence-corrected chi connectivity index (χ0v) is 26.7. The van der Waals surface area contributed by atoms with Crippen LogP contribution in [-0.2, 0) is 9.53 Å². The third-order valence-electron chi connectivity index (χ3n) is 6.73. The fraction of sp³-hybridized carbons (Fsp3) is 0.206. The second kappa shape index (κ2) is 13.8. The second-order valence-corrected chi connectivity index (χ2v) is 11.3. The molecule has 0 N–H and O–H groups in total. The van der Waals surface area contributed by atoms with E-state index in [1.807, 2.05) is 67.6 Å². The van der Waals surface area contributed by atoms with E-state index < -0.39 is 12.0 Å². The maximum absolute atomic E-state index is 14.2. The van der Waals surface area contributed by atoms with Crippen LogP contribution in [0.3, 0.4) is 0 Å². The number of esters is 1. The molecule has 5 rings (SSSR count). The van der Waals surface area contributed by atoms with Gasteiger partial charge in [0, 0.05) is 5.56 Å². The molecule has 2 heterocycles. The molecule has 0 amide bonds. The summed E-state index contributed by atoms with van der Waals surface area (Å²) in [6.07, 6.45) is 7.12. The van der Waals surface area contributed by atoms with E-state index in [1.54, 1.807) is 23.6 Å². The van der Waals surface area contributed by atoms with E-state index in [2.05, 4.69) is 21.9 Å². The number of hydrogen-bond donors (Lipinski definition) is 0. The highest BCUT2D eigenvalue weighted by Crippen LogP contribution is 2.38. The van der Waals surface area contributed by atoms with Gasteiger partial charge < -0.3 is 18.9 Å². The Morgan fingerprint density at radius 1 is 1.09 bits per heavy atom. The minimum Gasteiger partial charge on any atom is -0.494 e. The van der Waals surface area contributed by atoms with Gasteiger partial charge in [0.2, 0.25) is 0 Å². The van der Waals surface area contributed by atoms with Crippen molar-refractivity contribution in [3.05, 3.63) is 113 Å². The standard InChI is InChI=1S/C34H29BrN2O6S/c1-5-17-43-31-25(35)18-21(19-26(31)40-4)20-27-32(38)37-30(23-13-15-24(16-14-23)41-6-2)28(33(39)42-7-3)29(36-34(37)44-27)22-11-9-8-10-12-22/h1,8-16,18-20,30H,6-7,17H2,2-4H3/b27-20-/t30-/m1/s1. The topological polar surface area (TPSA) is 88.4 Å². The maximum atomic E-state index is 14.2. The molecule has 3 aromatic carbocycles. The number of terminal acetylenes is 1. The number of aromatic nitrogens is 1. The van der Waals surface area contributed by atoms with Crippen molar-refractivity contribution in [3.8, 4) is 29.6 Å². The minimum absolute atomic E-state index is 0.0744. The molecule has 1 aliphatic rings. The lowest BCUT2D eigenvalue weighted by Crippen LogP contribution is -2.40. The van der Waals surface area contributed by atoms with E-state index in [1.165, 1.54) is 18.4 Å². The normalized spacial score (nSPS) is 14.3. The molecule has 4 aromatic rings. The van der Waals surface area contributed by atoms with Gasteiger partial charge in [-0.25, -0.2) is 9.79 Å². The Labute approximate surface area is 267 Å². The average molecular weight is 674 g/mol. The number of ether oxygens (including phenoxy) is 4. The van der Waals surface area contributed by atoms with E-state index >= 15 is 0 Å². The molecule has 8 nitrogen and oxygen atoms in total. The van der Waals surface area contributed by atoms with E-state index in [0.29, 0.717) is 54.5 Å². The van der Waals surface area contributed by atoms with Gasteiger partial charge in [0.15, 0.2) is 16.3 Å². The summed E-state index contributed by atoms with van der Waals surface area (Å²) in [5.41, 5.74) is 2.57. The highest BCUT2D eigenvalue weighted by atomic mass is 79.9. The number of halogens is 1. The Hall–Kier alpha value is -4.59. The van der Waals surface area contributed by atoms with Gasteiger partial charge in [-0.1, -0.05) is 59.7 Å². The highest BCUT2D eigenvalue weighted by molar-refractivity contribution is 9.10. The molecule has 0 fully saturated rings. The van der Waals surface area contributed by atoms with Gasteiger partial charge in [0.05, 0.1) is 46.6 Å². The van der Waals surface area contributed by atoms with E-state index in [4.69, 9.17) is 30.4 Å². The fourth-order valence-corrected chi connectivity index (χ4v) is 6.47. The molecule has 0 radical (unpaired) electrons. The van der Waals surface area contributed by atoms with E-state index in [-0.39, 0.29) is 24.3 Å². The highest BCUT2D eigenvalue weighted by Gasteiger charge is 2.35. The molecule has 0 saturated heterocycles. The lowest BCUT2D eigenvalue weighted by Gasteiger charge is -2.26. The largest absolute Gasteiger partial charge is 0.494 e. The van der Waals surface area contributed by atoms with Crippen LogP contribution in [0.4, 0.5) is 0 Å². The summed E-state index contributed by atoms with van der Waals surface area (Å²) in [4.78, 5) is 33.2. The quantitative estimate of drug-likeness (QED) is 0.172. The van der Waals surface area contributed by atoms with Crippen LogP contribution in [0, 0.1) is 12.3 Å². The number of carbonyl (C=O) groups excluding carboxylic acids is 1. The Morgan fingerprint density at radius 3 is 2.50 bits per heavy atom. The number of carbonyl (C=O) groups is 1. The molecular weight excluding hydrogens is 644 g/mol. The van der Waals surface area contributed by atoms with Crippen molar-refractivity contribution in [2.75, 3.05) is 26.9 Å². The van der Waals surface area contributed by atoms with Gasteiger partial charge in [0.1, 0.15) is 12.4 Å². The summed E-state index contributed by atoms with van der Waals surface area (Å²) in [6.45, 7) is 4.41. The Bertz CT molecular complexity index is 1940. The molecule has 0 saturated carbocycles. The first-order valence-electron chi connectivity index (χ1n) is 13.8. The van der Waals surface area contributed by atoms with Crippen molar-refractivity contribution in [3.63, 3.8) is 0 Å². The number of nitrogens with zero attached hydrogens (tertiary/aromatic N) is 2. The zero-order valence-electron chi connectivity index (χ0n) is 24.3. The van der Waals surface area contributed by atoms with Crippen molar-refractivity contribution >= 4 is 45.0 Å². The lowest BCUT2D eigenvalue weighted by atomic mass is 9.93. The third kappa shape index (κ3) is 6.20. The van der Waals surface area contributed by atoms with Crippen LogP contribution in [0.2, 0.25) is 0 Å². The number of benzene rings is 3. The Morgan fingerprint density at radius 2 is 1.84 bits per heavy atom. The molecule has 1 aromatic heterocycles. The predicted octanol–water partition coefficient (Wildman–Crippen LogP) is 5.12. The number of thiazole rings is 1. The first kappa shape index (κ1) is 30.9. The van der Waals surface area contributed by atoms with Crippen LogP contribution < -0.4 is 29.1 Å². The van der Waals surface area contributed by atoms with Gasteiger partial charge in [-0.3, -0.25) is 9.36 Å². The molecule has 44 heavy (non-hydrogen) atoms. The smallest absolute Gasteiger partial charge is 0.338 e. The fourth-order valence-electron chi connectivity index (χ4n) is 4.90. The SMILES string of the molecule is C#CCOc1c(Br)cc(/C=c2\sc3n(c2=O)[C@H](c2ccc(OCC)cc2)C(C(=O)OCC)=C(c2ccccc2)N=3)cc1OC. The van der Waals surface area contributed by atoms with E-state index in [9.17, 15) is 9.59 Å². The number of hydrogen-bond acceptors (Lipinski definition) is 8. The third-order valence-corrected chi connectivity index (χ3v) is 8.30. The first-order valence-corrected chi connectivity index (χ1v) is 15.5. The molecule has 0 bridgehead atoms. The average Bonchev–Trinajstić information content (AvgIpc) is 3.34. The summed E-state index contributed by atoms with van der Waals surface area (Å²) < 4.78 is 25.0. The summed E-state index contributed by atoms with van der Waals surface area (Å²) in [5.74, 6) is 3.50. The molecule has 224 valence electrons. The Balaban J connectivity index is 1.76. The number of methoxy groups -OCH3 is 1. The van der Waals surface area contributed by atoms with E-state index in [0.717, 1.165) is 5.56 Å². The maximum Gasteiger partial charge on any atom is 0.338 e. The van der Waals surface area contributed by atoms with Crippen LogP contribution in [0.15, 0.2) is 86.6 Å². The molecule has 0 unspecified atom stereocenters. The van der Waals surface area contributed by atoms with Gasteiger partial charge in [-0.15, -0.1) is 6.42 Å². The molecule has 0 spiro atoms. The summed E-state index contributed by atoms with van der Waals surface area (Å²) in [6, 6.07) is 19.6. The predicted molar refractivity (Wildman–Crippen MR) is 174 cm³/mol. The van der Waals surface area contributed by atoms with Crippen LogP contribution >= 0.6 is 27.3 Å². The zero-order chi connectivity index (χ0) is 31.2. The first-order chi connectivity index (χ1) is 21.4. The summed E-state index contributed by atoms with van der Waals surface area (Å²) in [7, 11) is 1.53. The molecule has 1 aliphatic heterocycles. The van der Waals surface area contributed by atoms with Crippen molar-refractivity contribution in [1.82, 2.24) is 4.57 Å². The van der Waals surface area contributed by atoms with Crippen molar-refractivity contribution in [2.45, 2.75) is 19.9 Å². The monoisotopic (exact) mass is 672 g/mol. The van der Waals surface area contributed by atoms with Gasteiger partial charge in [-0.05, 0) is 71.2 Å². The second-order valence-electron chi connectivity index (χ2n) is 9.46. The molecule has 10 heteroatoms. The van der Waals surface area contributed by atoms with Crippen molar-refractivity contribution in [2.24, 2.45) is 4.99 Å². The lowest BCUT2D eigenvalue weighted by molar-refractivity contribution is -0.138. The van der Waals surface area contributed by atoms with Crippen molar-refractivity contribution in [1.29, 1.82) is 0 Å². The number of fused-ring (bicyclic) bond motifs is 1. The van der Waals surface area contributed by atoms with Crippen LogP contribution in [-0.4, -0.2) is 37.5 Å². The van der Waals surface area contributed by atoms with Gasteiger partial charge in [0.25, 0.3) is 5.56 Å². The van der Waals surface area contributed by atoms with Crippen LogP contribution in [0.25, 0.3) is 11.8 Å². The van der Waals surface area contributed by atoms with Crippen LogP contribution in [0.5, 0.6) is 17.2 Å². The van der Waals surface area contributed by atoms with Crippen molar-refractivity contribution < 1.29 is 23.7 Å². The minimum atomic E-state index is -0.792. The van der Waals surface area contributed by atoms with Gasteiger partial charge >= 0.3 is 5.97 Å². The molecular formula is C34H29BrN2O6S. The summed E-state index contributed by atoms with van der Waals surface area (Å²) in [5, 5.41) is 0. The molecule has 0 aliphatic carbocycles. The Kier molecular flexibility index (Phi) is 9.68. The molecule has 1 atom stereocenters. The van der Waals surface area contributed by atoms with Crippen LogP contribution in [0.1, 0.15) is 36.6 Å². The summed E-state index contributed by atoms with van der Waals surface area (Å²) >= 11 is 4.76. The van der Waals surface area contributed by atoms with Gasteiger partial charge in [-0.2, -0.15) is 0 Å².